The van der Waals surface area contributed by atoms with Crippen molar-refractivity contribution in [3.05, 3.63) is 18.1 Å². The van der Waals surface area contributed by atoms with Gasteiger partial charge in [-0.05, 0) is 31.1 Å². The van der Waals surface area contributed by atoms with Crippen molar-refractivity contribution < 1.29 is 0 Å². The Hall–Kier alpha value is -1.16. The second-order valence-electron chi connectivity index (χ2n) is 5.64. The monoisotopic (exact) mass is 246 g/mol. The Morgan fingerprint density at radius 2 is 2.22 bits per heavy atom. The lowest BCUT2D eigenvalue weighted by molar-refractivity contribution is 0.260. The first-order valence-corrected chi connectivity index (χ1v) is 7.09. The van der Waals surface area contributed by atoms with Gasteiger partial charge >= 0.3 is 0 Å². The molecule has 2 aliphatic rings. The zero-order chi connectivity index (χ0) is 12.5. The van der Waals surface area contributed by atoms with Gasteiger partial charge in [0.15, 0.2) is 0 Å². The number of hydrogen-bond acceptors (Lipinski definition) is 4. The van der Waals surface area contributed by atoms with Crippen LogP contribution in [0.15, 0.2) is 12.4 Å². The van der Waals surface area contributed by atoms with Gasteiger partial charge in [0, 0.05) is 30.9 Å². The Kier molecular flexibility index (Phi) is 3.20. The Labute approximate surface area is 109 Å². The molecule has 0 bridgehead atoms. The highest BCUT2D eigenvalue weighted by molar-refractivity contribution is 5.41. The van der Waals surface area contributed by atoms with E-state index in [4.69, 9.17) is 5.73 Å². The Balaban J connectivity index is 1.78. The van der Waals surface area contributed by atoms with Crippen LogP contribution < -0.4 is 10.6 Å². The molecular weight excluding hydrogens is 224 g/mol. The summed E-state index contributed by atoms with van der Waals surface area (Å²) in [5, 5.41) is 0. The van der Waals surface area contributed by atoms with Crippen LogP contribution in [0.2, 0.25) is 0 Å². The molecule has 3 atom stereocenters. The predicted octanol–water partition coefficient (Wildman–Crippen LogP) is 1.60. The lowest BCUT2D eigenvalue weighted by Crippen LogP contribution is -2.38. The number of fused-ring (bicyclic) bond motifs is 1. The Morgan fingerprint density at radius 1 is 1.33 bits per heavy atom. The molecule has 1 saturated heterocycles. The molecule has 0 amide bonds. The normalized spacial score (nSPS) is 31.4. The summed E-state index contributed by atoms with van der Waals surface area (Å²) in [5.74, 6) is 2.52. The maximum absolute atomic E-state index is 6.26. The second-order valence-corrected chi connectivity index (χ2v) is 5.64. The van der Waals surface area contributed by atoms with Crippen molar-refractivity contribution in [1.29, 1.82) is 0 Å². The molecule has 2 fully saturated rings. The molecule has 4 heteroatoms. The fourth-order valence-electron chi connectivity index (χ4n) is 3.46. The molecule has 1 aromatic rings. The molecule has 1 aromatic heterocycles. The highest BCUT2D eigenvalue weighted by Gasteiger charge is 2.39. The van der Waals surface area contributed by atoms with Gasteiger partial charge in [0.1, 0.15) is 12.1 Å². The minimum atomic E-state index is 0.390. The van der Waals surface area contributed by atoms with Crippen molar-refractivity contribution in [3.8, 4) is 0 Å². The first-order chi connectivity index (χ1) is 8.78. The molecule has 4 nitrogen and oxygen atoms in total. The summed E-state index contributed by atoms with van der Waals surface area (Å²) in [6.07, 6.45) is 6.48. The summed E-state index contributed by atoms with van der Waals surface area (Å²) >= 11 is 0. The molecule has 98 valence electrons. The molecule has 18 heavy (non-hydrogen) atoms. The van der Waals surface area contributed by atoms with Crippen molar-refractivity contribution in [1.82, 2.24) is 9.97 Å². The van der Waals surface area contributed by atoms with Crippen LogP contribution in [0.4, 0.5) is 5.82 Å². The van der Waals surface area contributed by atoms with Crippen molar-refractivity contribution in [2.24, 2.45) is 17.6 Å². The van der Waals surface area contributed by atoms with Crippen LogP contribution in [0.3, 0.4) is 0 Å². The first kappa shape index (κ1) is 11.9. The lowest BCUT2D eigenvalue weighted by atomic mass is 9.78. The van der Waals surface area contributed by atoms with Crippen LogP contribution in [-0.2, 0) is 6.42 Å². The summed E-state index contributed by atoms with van der Waals surface area (Å²) in [4.78, 5) is 11.1. The molecule has 0 spiro atoms. The number of nitrogens with two attached hydrogens (primary N) is 1. The summed E-state index contributed by atoms with van der Waals surface area (Å²) in [7, 11) is 0. The number of rotatable bonds is 2. The van der Waals surface area contributed by atoms with Gasteiger partial charge in [0.2, 0.25) is 0 Å². The highest BCUT2D eigenvalue weighted by Crippen LogP contribution is 2.36. The van der Waals surface area contributed by atoms with Crippen molar-refractivity contribution in [3.63, 3.8) is 0 Å². The van der Waals surface area contributed by atoms with Crippen LogP contribution in [-0.4, -0.2) is 29.1 Å². The number of nitrogens with zero attached hydrogens (tertiary/aromatic N) is 3. The van der Waals surface area contributed by atoms with Gasteiger partial charge < -0.3 is 10.6 Å². The standard InChI is InChI=1S/C14H22N4/c1-2-11-6-14(17-9-16-11)18-7-10-4-3-5-13(15)12(10)8-18/h6,9-10,12-13H,2-5,7-8,15H2,1H3. The highest BCUT2D eigenvalue weighted by atomic mass is 15.2. The van der Waals surface area contributed by atoms with E-state index in [9.17, 15) is 0 Å². The van der Waals surface area contributed by atoms with Gasteiger partial charge in [0.25, 0.3) is 0 Å². The third kappa shape index (κ3) is 2.09. The number of aromatic nitrogens is 2. The van der Waals surface area contributed by atoms with Gasteiger partial charge in [-0.1, -0.05) is 13.3 Å². The average Bonchev–Trinajstić information content (AvgIpc) is 2.84. The molecule has 1 aliphatic carbocycles. The summed E-state index contributed by atoms with van der Waals surface area (Å²) in [6, 6.07) is 2.52. The van der Waals surface area contributed by atoms with E-state index in [1.165, 1.54) is 19.3 Å². The third-order valence-electron chi connectivity index (χ3n) is 4.55. The fourth-order valence-corrected chi connectivity index (χ4v) is 3.46. The maximum Gasteiger partial charge on any atom is 0.132 e. The molecular formula is C14H22N4. The quantitative estimate of drug-likeness (QED) is 0.861. The largest absolute Gasteiger partial charge is 0.356 e. The summed E-state index contributed by atoms with van der Waals surface area (Å²) in [5.41, 5.74) is 7.38. The smallest absolute Gasteiger partial charge is 0.132 e. The minimum Gasteiger partial charge on any atom is -0.356 e. The van der Waals surface area contributed by atoms with E-state index in [0.29, 0.717) is 12.0 Å². The zero-order valence-electron chi connectivity index (χ0n) is 11.0. The van der Waals surface area contributed by atoms with Crippen molar-refractivity contribution in [2.75, 3.05) is 18.0 Å². The van der Waals surface area contributed by atoms with Gasteiger partial charge in [-0.2, -0.15) is 0 Å². The van der Waals surface area contributed by atoms with E-state index >= 15 is 0 Å². The van der Waals surface area contributed by atoms with Crippen LogP contribution in [0.5, 0.6) is 0 Å². The molecule has 2 heterocycles. The Morgan fingerprint density at radius 3 is 3.00 bits per heavy atom. The van der Waals surface area contributed by atoms with Crippen LogP contribution in [0.25, 0.3) is 0 Å². The summed E-state index contributed by atoms with van der Waals surface area (Å²) < 4.78 is 0. The average molecular weight is 246 g/mol. The zero-order valence-corrected chi connectivity index (χ0v) is 11.0. The van der Waals surface area contributed by atoms with Gasteiger partial charge in [0.05, 0.1) is 0 Å². The van der Waals surface area contributed by atoms with E-state index in [0.717, 1.165) is 36.9 Å². The molecule has 0 aromatic carbocycles. The second kappa shape index (κ2) is 4.84. The van der Waals surface area contributed by atoms with Crippen LogP contribution in [0, 0.1) is 11.8 Å². The fraction of sp³-hybridized carbons (Fsp3) is 0.714. The number of aryl methyl sites for hydroxylation is 1. The van der Waals surface area contributed by atoms with Gasteiger partial charge in [-0.3, -0.25) is 0 Å². The minimum absolute atomic E-state index is 0.390. The van der Waals surface area contributed by atoms with E-state index in [1.807, 2.05) is 0 Å². The SMILES string of the molecule is CCc1cc(N2CC3CCCC(N)C3C2)ncn1. The lowest BCUT2D eigenvalue weighted by Gasteiger charge is -2.29. The number of anilines is 1. The topological polar surface area (TPSA) is 55.0 Å². The molecule has 0 radical (unpaired) electrons. The van der Waals surface area contributed by atoms with E-state index < -0.39 is 0 Å². The first-order valence-electron chi connectivity index (χ1n) is 7.09. The van der Waals surface area contributed by atoms with Crippen LogP contribution >= 0.6 is 0 Å². The van der Waals surface area contributed by atoms with E-state index in [1.54, 1.807) is 6.33 Å². The van der Waals surface area contributed by atoms with E-state index in [2.05, 4.69) is 27.9 Å². The van der Waals surface area contributed by atoms with Crippen LogP contribution in [0.1, 0.15) is 31.9 Å². The molecule has 3 rings (SSSR count). The van der Waals surface area contributed by atoms with Crippen molar-refractivity contribution >= 4 is 5.82 Å². The number of hydrogen-bond donors (Lipinski definition) is 1. The molecule has 1 aliphatic heterocycles. The Bertz CT molecular complexity index is 420. The van der Waals surface area contributed by atoms with Crippen molar-refractivity contribution in [2.45, 2.75) is 38.6 Å². The third-order valence-corrected chi connectivity index (χ3v) is 4.55. The predicted molar refractivity (Wildman–Crippen MR) is 72.4 cm³/mol. The molecule has 1 saturated carbocycles. The van der Waals surface area contributed by atoms with E-state index in [-0.39, 0.29) is 0 Å². The summed E-state index contributed by atoms with van der Waals surface area (Å²) in [6.45, 7) is 4.33. The maximum atomic E-state index is 6.26. The van der Waals surface area contributed by atoms with Gasteiger partial charge in [-0.25, -0.2) is 9.97 Å². The molecule has 3 unspecified atom stereocenters. The molecule has 2 N–H and O–H groups in total. The van der Waals surface area contributed by atoms with Gasteiger partial charge in [-0.15, -0.1) is 0 Å².